The number of ether oxygens (including phenoxy) is 1. The summed E-state index contributed by atoms with van der Waals surface area (Å²) in [4.78, 5) is 0. The van der Waals surface area contributed by atoms with Gasteiger partial charge in [0.15, 0.2) is 0 Å². The number of alkyl halides is 3. The summed E-state index contributed by atoms with van der Waals surface area (Å²) in [6.45, 7) is 0. The Morgan fingerprint density at radius 3 is 2.40 bits per heavy atom. The number of hydrogen-bond acceptors (Lipinski definition) is 3. The molecule has 3 aromatic rings. The van der Waals surface area contributed by atoms with Gasteiger partial charge >= 0.3 is 6.36 Å². The molecule has 0 fully saturated rings. The highest BCUT2D eigenvalue weighted by atomic mass is 79.9. The van der Waals surface area contributed by atoms with Gasteiger partial charge in [0.1, 0.15) is 5.75 Å². The Labute approximate surface area is 150 Å². The Morgan fingerprint density at radius 2 is 1.80 bits per heavy atom. The van der Waals surface area contributed by atoms with Crippen LogP contribution in [-0.4, -0.2) is 16.1 Å². The van der Waals surface area contributed by atoms with Crippen LogP contribution in [0.2, 0.25) is 0 Å². The van der Waals surface area contributed by atoms with Crippen molar-refractivity contribution in [2.24, 2.45) is 7.05 Å². The highest BCUT2D eigenvalue weighted by Gasteiger charge is 2.30. The molecular weight excluding hydrogens is 399 g/mol. The summed E-state index contributed by atoms with van der Waals surface area (Å²) in [7, 11) is 1.85. The summed E-state index contributed by atoms with van der Waals surface area (Å²) in [5.41, 5.74) is 3.33. The molecule has 1 N–H and O–H groups in total. The average molecular weight is 412 g/mol. The molecular formula is C17H13BrF3N3O. The molecule has 1 aromatic heterocycles. The predicted octanol–water partition coefficient (Wildman–Crippen LogP) is 5.49. The molecule has 0 atom stereocenters. The third kappa shape index (κ3) is 4.33. The Morgan fingerprint density at radius 1 is 1.08 bits per heavy atom. The fourth-order valence-electron chi connectivity index (χ4n) is 2.39. The summed E-state index contributed by atoms with van der Waals surface area (Å²) in [5, 5.41) is 7.34. The Hall–Kier alpha value is -2.48. The van der Waals surface area contributed by atoms with Crippen LogP contribution in [0.15, 0.2) is 59.2 Å². The van der Waals surface area contributed by atoms with E-state index in [2.05, 4.69) is 31.1 Å². The maximum atomic E-state index is 12.2. The molecule has 3 rings (SSSR count). The molecule has 0 radical (unpaired) electrons. The van der Waals surface area contributed by atoms with Crippen molar-refractivity contribution in [3.63, 3.8) is 0 Å². The number of anilines is 2. The Balaban J connectivity index is 1.79. The van der Waals surface area contributed by atoms with Gasteiger partial charge < -0.3 is 10.1 Å². The van der Waals surface area contributed by atoms with Gasteiger partial charge in [0, 0.05) is 24.0 Å². The first-order valence-electron chi connectivity index (χ1n) is 7.22. The van der Waals surface area contributed by atoms with Gasteiger partial charge in [-0.25, -0.2) is 0 Å². The quantitative estimate of drug-likeness (QED) is 0.616. The van der Waals surface area contributed by atoms with Gasteiger partial charge in [-0.15, -0.1) is 13.2 Å². The van der Waals surface area contributed by atoms with Crippen LogP contribution in [-0.2, 0) is 7.05 Å². The van der Waals surface area contributed by atoms with Gasteiger partial charge in [0.25, 0.3) is 0 Å². The molecule has 0 aliphatic carbocycles. The lowest BCUT2D eigenvalue weighted by atomic mass is 10.1. The number of aryl methyl sites for hydroxylation is 1. The van der Waals surface area contributed by atoms with Crippen LogP contribution in [0.3, 0.4) is 0 Å². The van der Waals surface area contributed by atoms with Crippen LogP contribution in [0.5, 0.6) is 5.75 Å². The van der Waals surface area contributed by atoms with E-state index in [1.54, 1.807) is 10.9 Å². The molecule has 2 aromatic carbocycles. The van der Waals surface area contributed by atoms with E-state index >= 15 is 0 Å². The van der Waals surface area contributed by atoms with Crippen LogP contribution >= 0.6 is 15.9 Å². The summed E-state index contributed by atoms with van der Waals surface area (Å²) in [6.07, 6.45) is -2.98. The van der Waals surface area contributed by atoms with Crippen molar-refractivity contribution in [2.45, 2.75) is 6.36 Å². The fourth-order valence-corrected chi connectivity index (χ4v) is 2.96. The smallest absolute Gasteiger partial charge is 0.406 e. The summed E-state index contributed by atoms with van der Waals surface area (Å²) in [6, 6.07) is 13.2. The molecule has 1 heterocycles. The van der Waals surface area contributed by atoms with Gasteiger partial charge in [-0.1, -0.05) is 12.1 Å². The van der Waals surface area contributed by atoms with E-state index in [0.717, 1.165) is 21.4 Å². The lowest BCUT2D eigenvalue weighted by Gasteiger charge is -2.11. The first kappa shape index (κ1) is 17.3. The molecule has 130 valence electrons. The molecule has 0 aliphatic heterocycles. The Kier molecular flexibility index (Phi) is 4.71. The van der Waals surface area contributed by atoms with Crippen molar-refractivity contribution < 1.29 is 17.9 Å². The van der Waals surface area contributed by atoms with Crippen molar-refractivity contribution in [3.05, 3.63) is 59.2 Å². The SMILES string of the molecule is Cn1ncc(Br)c1-c1cccc(Nc2ccc(OC(F)(F)F)cc2)c1. The number of halogens is 4. The monoisotopic (exact) mass is 411 g/mol. The molecule has 0 saturated carbocycles. The number of aromatic nitrogens is 2. The molecule has 25 heavy (non-hydrogen) atoms. The number of nitrogens with one attached hydrogen (secondary N) is 1. The molecule has 8 heteroatoms. The number of hydrogen-bond donors (Lipinski definition) is 1. The first-order valence-corrected chi connectivity index (χ1v) is 8.02. The summed E-state index contributed by atoms with van der Waals surface area (Å²) in [5.74, 6) is -0.259. The molecule has 0 bridgehead atoms. The van der Waals surface area contributed by atoms with Crippen molar-refractivity contribution in [3.8, 4) is 17.0 Å². The highest BCUT2D eigenvalue weighted by Crippen LogP contribution is 2.30. The molecule has 4 nitrogen and oxygen atoms in total. The Bertz CT molecular complexity index is 856. The highest BCUT2D eigenvalue weighted by molar-refractivity contribution is 9.10. The topological polar surface area (TPSA) is 39.1 Å². The summed E-state index contributed by atoms with van der Waals surface area (Å²) < 4.78 is 43.0. The van der Waals surface area contributed by atoms with Crippen LogP contribution in [0.4, 0.5) is 24.5 Å². The zero-order chi connectivity index (χ0) is 18.0. The van der Waals surface area contributed by atoms with E-state index in [4.69, 9.17) is 0 Å². The third-order valence-electron chi connectivity index (χ3n) is 3.41. The van der Waals surface area contributed by atoms with E-state index < -0.39 is 6.36 Å². The minimum atomic E-state index is -4.69. The van der Waals surface area contributed by atoms with Gasteiger partial charge in [-0.2, -0.15) is 5.10 Å². The first-order chi connectivity index (χ1) is 11.8. The minimum absolute atomic E-state index is 0.259. The average Bonchev–Trinajstić information content (AvgIpc) is 2.87. The van der Waals surface area contributed by atoms with Gasteiger partial charge in [-0.3, -0.25) is 4.68 Å². The van der Waals surface area contributed by atoms with Gasteiger partial charge in [0.05, 0.1) is 16.4 Å². The van der Waals surface area contributed by atoms with Crippen molar-refractivity contribution in [1.29, 1.82) is 0 Å². The van der Waals surface area contributed by atoms with Crippen LogP contribution < -0.4 is 10.1 Å². The third-order valence-corrected chi connectivity index (χ3v) is 3.99. The van der Waals surface area contributed by atoms with E-state index in [9.17, 15) is 13.2 Å². The second kappa shape index (κ2) is 6.79. The number of nitrogens with zero attached hydrogens (tertiary/aromatic N) is 2. The van der Waals surface area contributed by atoms with E-state index in [-0.39, 0.29) is 5.75 Å². The normalized spacial score (nSPS) is 11.4. The van der Waals surface area contributed by atoms with Crippen molar-refractivity contribution in [1.82, 2.24) is 9.78 Å². The van der Waals surface area contributed by atoms with E-state index in [0.29, 0.717) is 5.69 Å². The van der Waals surface area contributed by atoms with Crippen LogP contribution in [0.1, 0.15) is 0 Å². The fraction of sp³-hybridized carbons (Fsp3) is 0.118. The number of benzene rings is 2. The molecule has 0 amide bonds. The molecule has 0 aliphatic rings. The summed E-state index contributed by atoms with van der Waals surface area (Å²) >= 11 is 3.47. The zero-order valence-electron chi connectivity index (χ0n) is 13.0. The lowest BCUT2D eigenvalue weighted by molar-refractivity contribution is -0.274. The number of rotatable bonds is 4. The largest absolute Gasteiger partial charge is 0.573 e. The second-order valence-corrected chi connectivity index (χ2v) is 6.10. The van der Waals surface area contributed by atoms with E-state index in [1.807, 2.05) is 31.3 Å². The minimum Gasteiger partial charge on any atom is -0.406 e. The standard InChI is InChI=1S/C17H13BrF3N3O/c1-24-16(15(18)10-22-24)11-3-2-4-13(9-11)23-12-5-7-14(8-6-12)25-17(19,20)21/h2-10,23H,1H3. The molecule has 0 saturated heterocycles. The van der Waals surface area contributed by atoms with Crippen LogP contribution in [0, 0.1) is 0 Å². The molecule has 0 spiro atoms. The molecule has 0 unspecified atom stereocenters. The zero-order valence-corrected chi connectivity index (χ0v) is 14.6. The maximum absolute atomic E-state index is 12.2. The van der Waals surface area contributed by atoms with Gasteiger partial charge in [0.2, 0.25) is 0 Å². The predicted molar refractivity (Wildman–Crippen MR) is 92.8 cm³/mol. The van der Waals surface area contributed by atoms with Crippen molar-refractivity contribution >= 4 is 27.3 Å². The lowest BCUT2D eigenvalue weighted by Crippen LogP contribution is -2.16. The second-order valence-electron chi connectivity index (χ2n) is 5.24. The van der Waals surface area contributed by atoms with Crippen molar-refractivity contribution in [2.75, 3.05) is 5.32 Å². The van der Waals surface area contributed by atoms with Gasteiger partial charge in [-0.05, 0) is 52.3 Å². The van der Waals surface area contributed by atoms with E-state index in [1.165, 1.54) is 24.3 Å². The maximum Gasteiger partial charge on any atom is 0.573 e. The van der Waals surface area contributed by atoms with Crippen LogP contribution in [0.25, 0.3) is 11.3 Å².